The summed E-state index contributed by atoms with van der Waals surface area (Å²) in [5.74, 6) is 0. The Morgan fingerprint density at radius 1 is 1.00 bits per heavy atom. The molecule has 0 spiro atoms. The van der Waals surface area contributed by atoms with Crippen LogP contribution in [0, 0.1) is 20.8 Å². The summed E-state index contributed by atoms with van der Waals surface area (Å²) in [6, 6.07) is 12.1. The van der Waals surface area contributed by atoms with E-state index in [1.807, 2.05) is 31.2 Å². The third-order valence-corrected chi connectivity index (χ3v) is 3.99. The van der Waals surface area contributed by atoms with E-state index in [1.54, 1.807) is 0 Å². The van der Waals surface area contributed by atoms with Gasteiger partial charge in [0, 0.05) is 17.3 Å². The van der Waals surface area contributed by atoms with E-state index in [0.717, 1.165) is 16.3 Å². The first kappa shape index (κ1) is 15.8. The molecule has 0 atom stereocenters. The van der Waals surface area contributed by atoms with Crippen LogP contribution in [0.1, 0.15) is 22.3 Å². The summed E-state index contributed by atoms with van der Waals surface area (Å²) >= 11 is 11.3. The van der Waals surface area contributed by atoms with Crippen LogP contribution in [-0.4, -0.2) is 5.11 Å². The molecule has 2 aromatic carbocycles. The van der Waals surface area contributed by atoms with Gasteiger partial charge in [0.15, 0.2) is 5.11 Å². The fraction of sp³-hybridized carbons (Fsp3) is 0.235. The van der Waals surface area contributed by atoms with Gasteiger partial charge in [0.25, 0.3) is 0 Å². The average molecular weight is 319 g/mol. The lowest BCUT2D eigenvalue weighted by atomic mass is 10.1. The van der Waals surface area contributed by atoms with Crippen LogP contribution in [0.25, 0.3) is 0 Å². The van der Waals surface area contributed by atoms with Crippen LogP contribution in [-0.2, 0) is 6.54 Å². The minimum Gasteiger partial charge on any atom is -0.358 e. The van der Waals surface area contributed by atoms with Gasteiger partial charge in [-0.15, -0.1) is 0 Å². The summed E-state index contributed by atoms with van der Waals surface area (Å²) in [6.07, 6.45) is 0. The molecule has 0 saturated carbocycles. The van der Waals surface area contributed by atoms with Crippen molar-refractivity contribution in [2.75, 3.05) is 5.32 Å². The number of hydrogen-bond donors (Lipinski definition) is 2. The number of rotatable bonds is 3. The lowest BCUT2D eigenvalue weighted by molar-refractivity contribution is 0.915. The Morgan fingerprint density at radius 2 is 1.76 bits per heavy atom. The Hall–Kier alpha value is -1.58. The van der Waals surface area contributed by atoms with Crippen LogP contribution in [0.3, 0.4) is 0 Å². The van der Waals surface area contributed by atoms with Crippen molar-refractivity contribution in [3.8, 4) is 0 Å². The zero-order valence-corrected chi connectivity index (χ0v) is 14.0. The fourth-order valence-electron chi connectivity index (χ4n) is 2.03. The second-order valence-corrected chi connectivity index (χ2v) is 6.02. The summed E-state index contributed by atoms with van der Waals surface area (Å²) in [7, 11) is 0. The van der Waals surface area contributed by atoms with Gasteiger partial charge in [-0.2, -0.15) is 0 Å². The number of aryl methyl sites for hydroxylation is 3. The molecule has 0 saturated heterocycles. The SMILES string of the molecule is Cc1ccc(NC(=S)NCc2ccc(Cl)cc2C)cc1C. The van der Waals surface area contributed by atoms with Crippen molar-refractivity contribution in [1.29, 1.82) is 0 Å². The normalized spacial score (nSPS) is 10.3. The summed E-state index contributed by atoms with van der Waals surface area (Å²) in [5.41, 5.74) is 5.86. The number of hydrogen-bond acceptors (Lipinski definition) is 1. The van der Waals surface area contributed by atoms with Gasteiger partial charge in [0.1, 0.15) is 0 Å². The molecule has 0 aliphatic rings. The van der Waals surface area contributed by atoms with Gasteiger partial charge < -0.3 is 10.6 Å². The van der Waals surface area contributed by atoms with Gasteiger partial charge in [-0.05, 0) is 79.5 Å². The van der Waals surface area contributed by atoms with E-state index in [4.69, 9.17) is 23.8 Å². The lowest BCUT2D eigenvalue weighted by Gasteiger charge is -2.13. The molecule has 0 unspecified atom stereocenters. The molecule has 2 rings (SSSR count). The van der Waals surface area contributed by atoms with Crippen molar-refractivity contribution in [3.05, 3.63) is 63.7 Å². The summed E-state index contributed by atoms with van der Waals surface area (Å²) in [6.45, 7) is 6.91. The Bertz CT molecular complexity index is 668. The van der Waals surface area contributed by atoms with Crippen LogP contribution >= 0.6 is 23.8 Å². The zero-order chi connectivity index (χ0) is 15.4. The second kappa shape index (κ2) is 6.92. The van der Waals surface area contributed by atoms with Crippen LogP contribution in [0.2, 0.25) is 5.02 Å². The molecular formula is C17H19ClN2S. The van der Waals surface area contributed by atoms with Gasteiger partial charge in [0.05, 0.1) is 0 Å². The van der Waals surface area contributed by atoms with Crippen LogP contribution in [0.5, 0.6) is 0 Å². The van der Waals surface area contributed by atoms with Crippen LogP contribution in [0.15, 0.2) is 36.4 Å². The summed E-state index contributed by atoms with van der Waals surface area (Å²) in [5, 5.41) is 7.80. The van der Waals surface area contributed by atoms with E-state index in [0.29, 0.717) is 11.7 Å². The van der Waals surface area contributed by atoms with Gasteiger partial charge in [-0.25, -0.2) is 0 Å². The highest BCUT2D eigenvalue weighted by atomic mass is 35.5. The smallest absolute Gasteiger partial charge is 0.171 e. The molecular weight excluding hydrogens is 300 g/mol. The molecule has 0 fully saturated rings. The Balaban J connectivity index is 1.94. The third-order valence-electron chi connectivity index (χ3n) is 3.51. The van der Waals surface area contributed by atoms with Crippen molar-refractivity contribution in [1.82, 2.24) is 5.32 Å². The van der Waals surface area contributed by atoms with Crippen LogP contribution in [0.4, 0.5) is 5.69 Å². The fourth-order valence-corrected chi connectivity index (χ4v) is 2.44. The van der Waals surface area contributed by atoms with Crippen molar-refractivity contribution < 1.29 is 0 Å². The zero-order valence-electron chi connectivity index (χ0n) is 12.5. The van der Waals surface area contributed by atoms with Crippen molar-refractivity contribution in [2.24, 2.45) is 0 Å². The van der Waals surface area contributed by atoms with Crippen LogP contribution < -0.4 is 10.6 Å². The van der Waals surface area contributed by atoms with Gasteiger partial charge >= 0.3 is 0 Å². The van der Waals surface area contributed by atoms with Crippen molar-refractivity contribution in [3.63, 3.8) is 0 Å². The van der Waals surface area contributed by atoms with Gasteiger partial charge in [-0.3, -0.25) is 0 Å². The summed E-state index contributed by atoms with van der Waals surface area (Å²) in [4.78, 5) is 0. The topological polar surface area (TPSA) is 24.1 Å². The predicted molar refractivity (Wildman–Crippen MR) is 95.2 cm³/mol. The molecule has 0 amide bonds. The first-order valence-corrected chi connectivity index (χ1v) is 7.61. The Labute approximate surface area is 136 Å². The van der Waals surface area contributed by atoms with E-state index >= 15 is 0 Å². The van der Waals surface area contributed by atoms with E-state index in [2.05, 4.69) is 36.6 Å². The highest BCUT2D eigenvalue weighted by molar-refractivity contribution is 7.80. The second-order valence-electron chi connectivity index (χ2n) is 5.18. The highest BCUT2D eigenvalue weighted by Gasteiger charge is 2.02. The standard InChI is InChI=1S/C17H19ClN2S/c1-11-4-7-16(9-12(11)2)20-17(21)19-10-14-5-6-15(18)8-13(14)3/h4-9H,10H2,1-3H3,(H2,19,20,21). The molecule has 2 N–H and O–H groups in total. The molecule has 21 heavy (non-hydrogen) atoms. The van der Waals surface area contributed by atoms with Crippen molar-refractivity contribution in [2.45, 2.75) is 27.3 Å². The lowest BCUT2D eigenvalue weighted by Crippen LogP contribution is -2.28. The molecule has 2 nitrogen and oxygen atoms in total. The first-order valence-electron chi connectivity index (χ1n) is 6.83. The molecule has 0 radical (unpaired) electrons. The maximum atomic E-state index is 5.96. The highest BCUT2D eigenvalue weighted by Crippen LogP contribution is 2.16. The first-order chi connectivity index (χ1) is 9.95. The Kier molecular flexibility index (Phi) is 5.21. The number of halogens is 1. The monoisotopic (exact) mass is 318 g/mol. The largest absolute Gasteiger partial charge is 0.358 e. The minimum absolute atomic E-state index is 0.618. The molecule has 0 aliphatic heterocycles. The third kappa shape index (κ3) is 4.45. The molecule has 0 aromatic heterocycles. The van der Waals surface area contributed by atoms with E-state index in [-0.39, 0.29) is 0 Å². The van der Waals surface area contributed by atoms with Crippen molar-refractivity contribution >= 4 is 34.6 Å². The number of thiocarbonyl (C=S) groups is 1. The molecule has 110 valence electrons. The van der Waals surface area contributed by atoms with E-state index < -0.39 is 0 Å². The van der Waals surface area contributed by atoms with Gasteiger partial charge in [-0.1, -0.05) is 23.7 Å². The number of nitrogens with one attached hydrogen (secondary N) is 2. The molecule has 0 heterocycles. The average Bonchev–Trinajstić information content (AvgIpc) is 2.42. The summed E-state index contributed by atoms with van der Waals surface area (Å²) < 4.78 is 0. The quantitative estimate of drug-likeness (QED) is 0.798. The van der Waals surface area contributed by atoms with E-state index in [9.17, 15) is 0 Å². The number of benzene rings is 2. The Morgan fingerprint density at radius 3 is 2.43 bits per heavy atom. The number of anilines is 1. The maximum Gasteiger partial charge on any atom is 0.171 e. The molecule has 2 aromatic rings. The maximum absolute atomic E-state index is 5.96. The van der Waals surface area contributed by atoms with E-state index in [1.165, 1.54) is 16.7 Å². The van der Waals surface area contributed by atoms with Gasteiger partial charge in [0.2, 0.25) is 0 Å². The minimum atomic E-state index is 0.618. The predicted octanol–water partition coefficient (Wildman–Crippen LogP) is 4.75. The molecule has 0 aliphatic carbocycles. The molecule has 4 heteroatoms. The molecule has 0 bridgehead atoms.